The number of fused-ring (bicyclic) bond motifs is 3. The molecule has 192 valence electrons. The summed E-state index contributed by atoms with van der Waals surface area (Å²) < 4.78 is 28.2. The number of rotatable bonds is 3. The van der Waals surface area contributed by atoms with Gasteiger partial charge in [0.05, 0.1) is 17.5 Å². The van der Waals surface area contributed by atoms with E-state index < -0.39 is 70.0 Å². The van der Waals surface area contributed by atoms with E-state index in [0.717, 1.165) is 12.1 Å². The number of carbonyl (C=O) groups is 3. The maximum absolute atomic E-state index is 14.7. The Morgan fingerprint density at radius 1 is 1.03 bits per heavy atom. The summed E-state index contributed by atoms with van der Waals surface area (Å²) in [5, 5.41) is 32.7. The third-order valence-corrected chi connectivity index (χ3v) is 7.67. The van der Waals surface area contributed by atoms with E-state index in [0.29, 0.717) is 11.1 Å². The number of carbonyl (C=O) groups excluding carboxylic acids is 3. The lowest BCUT2D eigenvalue weighted by Crippen LogP contribution is -2.53. The molecule has 2 aromatic rings. The lowest BCUT2D eigenvalue weighted by molar-refractivity contribution is -0.127. The molecule has 0 aromatic heterocycles. The van der Waals surface area contributed by atoms with Crippen LogP contribution < -0.4 is 5.73 Å². The number of aliphatic hydroxyl groups is 2. The Morgan fingerprint density at radius 2 is 1.70 bits per heavy atom. The average Bonchev–Trinajstić information content (AvgIpc) is 2.79. The van der Waals surface area contributed by atoms with E-state index in [1.807, 2.05) is 0 Å². The van der Waals surface area contributed by atoms with Gasteiger partial charge in [0.1, 0.15) is 34.5 Å². The summed E-state index contributed by atoms with van der Waals surface area (Å²) in [6, 6.07) is 4.88. The Kier molecular flexibility index (Phi) is 5.67. The summed E-state index contributed by atoms with van der Waals surface area (Å²) in [4.78, 5) is 40.5. The van der Waals surface area contributed by atoms with E-state index in [-0.39, 0.29) is 35.3 Å². The van der Waals surface area contributed by atoms with Crippen molar-refractivity contribution >= 4 is 17.5 Å². The zero-order chi connectivity index (χ0) is 26.9. The molecule has 4 atom stereocenters. The van der Waals surface area contributed by atoms with E-state index in [1.54, 1.807) is 19.0 Å². The monoisotopic (exact) mass is 510 g/mol. The predicted molar refractivity (Wildman–Crippen MR) is 128 cm³/mol. The van der Waals surface area contributed by atoms with Crippen molar-refractivity contribution in [2.45, 2.75) is 18.9 Å². The number of ketones is 2. The molecule has 3 aliphatic rings. The number of aliphatic hydroxyl groups excluding tert-OH is 2. The lowest BCUT2D eigenvalue weighted by Gasteiger charge is -2.46. The zero-order valence-electron chi connectivity index (χ0n) is 20.0. The molecule has 0 aliphatic heterocycles. The molecule has 2 aromatic carbocycles. The highest BCUT2D eigenvalue weighted by Crippen LogP contribution is 2.51. The summed E-state index contributed by atoms with van der Waals surface area (Å²) >= 11 is 0. The topological polar surface area (TPSA) is 141 Å². The van der Waals surface area contributed by atoms with Crippen molar-refractivity contribution in [2.75, 3.05) is 14.1 Å². The van der Waals surface area contributed by atoms with Crippen LogP contribution >= 0.6 is 0 Å². The number of phenolic OH excluding ortho intramolecular Hbond substituents is 1. The van der Waals surface area contributed by atoms with Gasteiger partial charge in [-0.2, -0.15) is 0 Å². The van der Waals surface area contributed by atoms with Crippen molar-refractivity contribution in [1.82, 2.24) is 4.90 Å². The average molecular weight is 510 g/mol. The van der Waals surface area contributed by atoms with Crippen LogP contribution in [0, 0.1) is 29.4 Å². The first-order valence-electron chi connectivity index (χ1n) is 11.7. The Morgan fingerprint density at radius 3 is 2.32 bits per heavy atom. The van der Waals surface area contributed by atoms with Gasteiger partial charge in [-0.3, -0.25) is 19.3 Å². The molecule has 0 heterocycles. The number of allylic oxidation sites excluding steroid dienone is 2. The summed E-state index contributed by atoms with van der Waals surface area (Å²) in [7, 11) is 3.27. The van der Waals surface area contributed by atoms with Gasteiger partial charge in [0.25, 0.3) is 5.91 Å². The number of nitrogens with two attached hydrogens (primary N) is 1. The summed E-state index contributed by atoms with van der Waals surface area (Å²) in [6.07, 6.45) is 0.270. The number of benzene rings is 2. The fraction of sp³-hybridized carbons (Fsp3) is 0.296. The van der Waals surface area contributed by atoms with Crippen LogP contribution in [0.4, 0.5) is 8.78 Å². The van der Waals surface area contributed by atoms with Crippen LogP contribution in [0.2, 0.25) is 0 Å². The molecule has 0 fully saturated rings. The minimum atomic E-state index is -1.29. The molecule has 0 spiro atoms. The van der Waals surface area contributed by atoms with Crippen molar-refractivity contribution in [2.24, 2.45) is 23.5 Å². The Bertz CT molecular complexity index is 1460. The number of likely N-dealkylation sites (N-methyl/N-ethyl adjacent to an activating group) is 1. The van der Waals surface area contributed by atoms with Crippen LogP contribution in [0.3, 0.4) is 0 Å². The van der Waals surface area contributed by atoms with E-state index >= 15 is 0 Å². The molecule has 1 amide bonds. The normalized spacial score (nSPS) is 25.2. The number of nitrogens with zero attached hydrogens (tertiary/aromatic N) is 1. The van der Waals surface area contributed by atoms with Gasteiger partial charge in [-0.1, -0.05) is 6.07 Å². The molecule has 5 rings (SSSR count). The van der Waals surface area contributed by atoms with E-state index in [9.17, 15) is 38.5 Å². The standard InChI is InChI=1S/C27H24F2N2O6/c1-31(2)22-15-8-10-7-14-12(13-4-3-11(28)9-16(13)29)5-6-17(32)19(14)23(33)18(10)24(34)20(15)25(35)21(26(22)36)27(30)37/h3-6,9-10,15,20,22,32,34,36H,7-8H2,1-2H3,(H2,30,37)/t10-,15?,20?,22-/m0/s1. The van der Waals surface area contributed by atoms with Gasteiger partial charge in [-0.15, -0.1) is 0 Å². The van der Waals surface area contributed by atoms with Crippen molar-refractivity contribution in [3.8, 4) is 16.9 Å². The Hall–Kier alpha value is -4.05. The van der Waals surface area contributed by atoms with Crippen LogP contribution in [-0.2, 0) is 16.0 Å². The smallest absolute Gasteiger partial charge is 0.255 e. The number of hydrogen-bond acceptors (Lipinski definition) is 7. The van der Waals surface area contributed by atoms with E-state index in [1.165, 1.54) is 18.2 Å². The molecule has 0 saturated heterocycles. The molecule has 10 heteroatoms. The largest absolute Gasteiger partial charge is 0.511 e. The molecule has 2 unspecified atom stereocenters. The fourth-order valence-electron chi connectivity index (χ4n) is 6.23. The van der Waals surface area contributed by atoms with E-state index in [4.69, 9.17) is 5.73 Å². The second kappa shape index (κ2) is 8.52. The molecule has 0 saturated carbocycles. The molecule has 8 nitrogen and oxygen atoms in total. The molecular weight excluding hydrogens is 486 g/mol. The minimum absolute atomic E-state index is 0.0430. The summed E-state index contributed by atoms with van der Waals surface area (Å²) in [5.74, 6) is -8.37. The minimum Gasteiger partial charge on any atom is -0.511 e. The fourth-order valence-corrected chi connectivity index (χ4v) is 6.23. The number of Topliss-reactive ketones (excluding diaryl/α,β-unsaturated/α-hetero) is 2. The van der Waals surface area contributed by atoms with Crippen LogP contribution in [0.1, 0.15) is 22.3 Å². The quantitative estimate of drug-likeness (QED) is 0.465. The first-order chi connectivity index (χ1) is 17.4. The van der Waals surface area contributed by atoms with Crippen molar-refractivity contribution in [3.05, 3.63) is 75.8 Å². The van der Waals surface area contributed by atoms with Crippen molar-refractivity contribution in [1.29, 1.82) is 0 Å². The first kappa shape index (κ1) is 24.6. The third kappa shape index (κ3) is 3.54. The van der Waals surface area contributed by atoms with Crippen LogP contribution in [0.25, 0.3) is 11.1 Å². The zero-order valence-corrected chi connectivity index (χ0v) is 20.0. The number of primary amides is 1. The van der Waals surface area contributed by atoms with Gasteiger partial charge in [0.15, 0.2) is 11.6 Å². The van der Waals surface area contributed by atoms with E-state index in [2.05, 4.69) is 0 Å². The highest BCUT2D eigenvalue weighted by atomic mass is 19.1. The van der Waals surface area contributed by atoms with Gasteiger partial charge < -0.3 is 21.1 Å². The molecule has 0 bridgehead atoms. The van der Waals surface area contributed by atoms with Gasteiger partial charge >= 0.3 is 0 Å². The predicted octanol–water partition coefficient (Wildman–Crippen LogP) is 2.95. The molecule has 0 radical (unpaired) electrons. The van der Waals surface area contributed by atoms with Crippen LogP contribution in [0.15, 0.2) is 53.0 Å². The number of halogens is 2. The second-order valence-electron chi connectivity index (χ2n) is 9.91. The first-order valence-corrected chi connectivity index (χ1v) is 11.7. The number of aromatic hydroxyl groups is 1. The third-order valence-electron chi connectivity index (χ3n) is 7.67. The lowest BCUT2D eigenvalue weighted by atomic mass is 9.60. The SMILES string of the molecule is CN(C)[C@@H]1C(O)=C(C(N)=O)C(=O)C2C(O)=C3C(=O)c4c(O)ccc(-c5ccc(F)cc5F)c4C[C@H]3CC21. The highest BCUT2D eigenvalue weighted by Gasteiger charge is 2.54. The van der Waals surface area contributed by atoms with Gasteiger partial charge in [0.2, 0.25) is 0 Å². The summed E-state index contributed by atoms with van der Waals surface area (Å²) in [5.41, 5.74) is 5.20. The number of amides is 1. The number of hydrogen-bond donors (Lipinski definition) is 4. The molecular formula is C27H24F2N2O6. The second-order valence-corrected chi connectivity index (χ2v) is 9.91. The molecule has 5 N–H and O–H groups in total. The van der Waals surface area contributed by atoms with Crippen molar-refractivity contribution in [3.63, 3.8) is 0 Å². The maximum Gasteiger partial charge on any atom is 0.255 e. The van der Waals surface area contributed by atoms with Crippen LogP contribution in [-0.4, -0.2) is 57.8 Å². The molecule has 37 heavy (non-hydrogen) atoms. The van der Waals surface area contributed by atoms with Crippen LogP contribution in [0.5, 0.6) is 5.75 Å². The number of phenols is 1. The summed E-state index contributed by atoms with van der Waals surface area (Å²) in [6.45, 7) is 0. The van der Waals surface area contributed by atoms with Crippen molar-refractivity contribution < 1.29 is 38.5 Å². The maximum atomic E-state index is 14.7. The highest BCUT2D eigenvalue weighted by molar-refractivity contribution is 6.22. The van der Waals surface area contributed by atoms with Gasteiger partial charge in [-0.05, 0) is 68.1 Å². The molecule has 3 aliphatic carbocycles. The Labute approximate surface area is 210 Å². The Balaban J connectivity index is 1.69. The van der Waals surface area contributed by atoms with Gasteiger partial charge in [-0.25, -0.2) is 8.78 Å². The van der Waals surface area contributed by atoms with Gasteiger partial charge in [0, 0.05) is 17.2 Å².